The normalized spacial score (nSPS) is 10.1. The molecule has 2 rings (SSSR count). The Bertz CT molecular complexity index is 757. The van der Waals surface area contributed by atoms with Crippen LogP contribution in [0.25, 0.3) is 0 Å². The Labute approximate surface area is 151 Å². The molecule has 1 amide bonds. The van der Waals surface area contributed by atoms with Crippen molar-refractivity contribution in [3.05, 3.63) is 59.2 Å². The first-order valence-corrected chi connectivity index (χ1v) is 7.92. The highest BCUT2D eigenvalue weighted by Crippen LogP contribution is 2.27. The number of esters is 1. The van der Waals surface area contributed by atoms with E-state index in [1.165, 1.54) is 19.2 Å². The summed E-state index contributed by atoms with van der Waals surface area (Å²) in [4.78, 5) is 23.7. The molecule has 138 valence electrons. The maximum atomic E-state index is 11.9. The highest BCUT2D eigenvalue weighted by Gasteiger charge is 2.11. The van der Waals surface area contributed by atoms with Gasteiger partial charge in [0.25, 0.3) is 5.91 Å². The van der Waals surface area contributed by atoms with Gasteiger partial charge in [0.15, 0.2) is 18.1 Å². The molecule has 0 aromatic heterocycles. The number of nitrogens with one attached hydrogen (secondary N) is 1. The summed E-state index contributed by atoms with van der Waals surface area (Å²) in [6.45, 7) is -0.219. The molecular weight excluding hydrogens is 338 g/mol. The van der Waals surface area contributed by atoms with Crippen LogP contribution in [0.4, 0.5) is 0 Å². The van der Waals surface area contributed by atoms with Crippen LogP contribution in [0.2, 0.25) is 0 Å². The van der Waals surface area contributed by atoms with E-state index in [1.807, 2.05) is 0 Å². The smallest absolute Gasteiger partial charge is 0.338 e. The van der Waals surface area contributed by atoms with Crippen LogP contribution in [0.3, 0.4) is 0 Å². The number of benzene rings is 2. The quantitative estimate of drug-likeness (QED) is 0.697. The number of carbonyl (C=O) groups excluding carboxylic acids is 2. The van der Waals surface area contributed by atoms with Crippen molar-refractivity contribution < 1.29 is 28.9 Å². The number of amides is 1. The van der Waals surface area contributed by atoms with Crippen molar-refractivity contribution in [3.63, 3.8) is 0 Å². The van der Waals surface area contributed by atoms with Gasteiger partial charge in [-0.25, -0.2) is 4.79 Å². The molecule has 0 radical (unpaired) electrons. The lowest BCUT2D eigenvalue weighted by Crippen LogP contribution is -2.28. The van der Waals surface area contributed by atoms with Crippen LogP contribution in [-0.2, 0) is 22.7 Å². The summed E-state index contributed by atoms with van der Waals surface area (Å²) >= 11 is 0. The minimum atomic E-state index is -0.601. The van der Waals surface area contributed by atoms with Gasteiger partial charge >= 0.3 is 5.97 Å². The van der Waals surface area contributed by atoms with E-state index in [4.69, 9.17) is 19.3 Å². The molecule has 7 nitrogen and oxygen atoms in total. The molecule has 0 heterocycles. The lowest BCUT2D eigenvalue weighted by molar-refractivity contribution is -0.124. The zero-order chi connectivity index (χ0) is 18.9. The molecule has 2 aromatic carbocycles. The van der Waals surface area contributed by atoms with Gasteiger partial charge in [-0.1, -0.05) is 18.2 Å². The van der Waals surface area contributed by atoms with E-state index in [1.54, 1.807) is 37.4 Å². The van der Waals surface area contributed by atoms with Crippen molar-refractivity contribution >= 4 is 11.9 Å². The van der Waals surface area contributed by atoms with Gasteiger partial charge in [0.2, 0.25) is 0 Å². The molecule has 0 saturated heterocycles. The Morgan fingerprint density at radius 3 is 2.23 bits per heavy atom. The van der Waals surface area contributed by atoms with E-state index in [-0.39, 0.29) is 19.8 Å². The van der Waals surface area contributed by atoms with E-state index in [9.17, 15) is 9.59 Å². The van der Waals surface area contributed by atoms with E-state index in [0.717, 1.165) is 5.56 Å². The molecule has 0 aliphatic heterocycles. The average Bonchev–Trinajstić information content (AvgIpc) is 2.70. The molecular formula is C19H21NO6. The average molecular weight is 359 g/mol. The summed E-state index contributed by atoms with van der Waals surface area (Å²) < 4.78 is 15.3. The Morgan fingerprint density at radius 2 is 1.62 bits per heavy atom. The number of hydrogen-bond donors (Lipinski definition) is 2. The van der Waals surface area contributed by atoms with Crippen LogP contribution < -0.4 is 14.8 Å². The maximum absolute atomic E-state index is 11.9. The van der Waals surface area contributed by atoms with E-state index >= 15 is 0 Å². The molecule has 0 aliphatic rings. The standard InChI is InChI=1S/C19H21NO6/c1-24-16-8-5-14(9-17(16)25-2)10-20-18(22)12-26-19(23)15-6-3-13(11-21)4-7-15/h3-9,21H,10-12H2,1-2H3,(H,20,22). The highest BCUT2D eigenvalue weighted by atomic mass is 16.5. The lowest BCUT2D eigenvalue weighted by atomic mass is 10.1. The molecule has 0 fully saturated rings. The highest BCUT2D eigenvalue weighted by molar-refractivity contribution is 5.91. The Hall–Kier alpha value is -3.06. The maximum Gasteiger partial charge on any atom is 0.338 e. The first kappa shape index (κ1) is 19.3. The number of aliphatic hydroxyl groups excluding tert-OH is 1. The van der Waals surface area contributed by atoms with Crippen LogP contribution in [0.15, 0.2) is 42.5 Å². The molecule has 0 bridgehead atoms. The fraction of sp³-hybridized carbons (Fsp3) is 0.263. The summed E-state index contributed by atoms with van der Waals surface area (Å²) in [5, 5.41) is 11.6. The number of hydrogen-bond acceptors (Lipinski definition) is 6. The van der Waals surface area contributed by atoms with Crippen LogP contribution in [0, 0.1) is 0 Å². The summed E-state index contributed by atoms with van der Waals surface area (Å²) in [6, 6.07) is 11.6. The zero-order valence-corrected chi connectivity index (χ0v) is 14.7. The van der Waals surface area contributed by atoms with Gasteiger partial charge in [-0.05, 0) is 35.4 Å². The molecule has 2 N–H and O–H groups in total. The van der Waals surface area contributed by atoms with Crippen molar-refractivity contribution in [1.29, 1.82) is 0 Å². The van der Waals surface area contributed by atoms with Crippen LogP contribution in [0.1, 0.15) is 21.5 Å². The number of rotatable bonds is 8. The lowest BCUT2D eigenvalue weighted by Gasteiger charge is -2.10. The second-order valence-electron chi connectivity index (χ2n) is 5.40. The fourth-order valence-electron chi connectivity index (χ4n) is 2.20. The van der Waals surface area contributed by atoms with E-state index in [0.29, 0.717) is 22.6 Å². The Kier molecular flexibility index (Phi) is 6.99. The van der Waals surface area contributed by atoms with Crippen molar-refractivity contribution in [2.75, 3.05) is 20.8 Å². The largest absolute Gasteiger partial charge is 0.493 e. The van der Waals surface area contributed by atoms with E-state index < -0.39 is 11.9 Å². The van der Waals surface area contributed by atoms with Crippen LogP contribution in [0.5, 0.6) is 11.5 Å². The number of methoxy groups -OCH3 is 2. The predicted octanol–water partition coefficient (Wildman–Crippen LogP) is 1.67. The molecule has 7 heteroatoms. The summed E-state index contributed by atoms with van der Waals surface area (Å²) in [6.07, 6.45) is 0. The summed E-state index contributed by atoms with van der Waals surface area (Å²) in [5.74, 6) is 0.150. The molecule has 0 unspecified atom stereocenters. The van der Waals surface area contributed by atoms with Gasteiger partial charge in [-0.3, -0.25) is 4.79 Å². The van der Waals surface area contributed by atoms with Crippen molar-refractivity contribution in [2.45, 2.75) is 13.2 Å². The molecule has 0 atom stereocenters. The minimum Gasteiger partial charge on any atom is -0.493 e. The third kappa shape index (κ3) is 5.22. The molecule has 0 aliphatic carbocycles. The van der Waals surface area contributed by atoms with Gasteiger partial charge in [0, 0.05) is 6.54 Å². The molecule has 2 aromatic rings. The SMILES string of the molecule is COc1ccc(CNC(=O)COC(=O)c2ccc(CO)cc2)cc1OC. The van der Waals surface area contributed by atoms with Crippen molar-refractivity contribution in [2.24, 2.45) is 0 Å². The summed E-state index contributed by atoms with van der Waals surface area (Å²) in [7, 11) is 3.08. The third-order valence-electron chi connectivity index (χ3n) is 3.64. The zero-order valence-electron chi connectivity index (χ0n) is 14.7. The Morgan fingerprint density at radius 1 is 0.962 bits per heavy atom. The second-order valence-corrected chi connectivity index (χ2v) is 5.40. The first-order valence-electron chi connectivity index (χ1n) is 7.92. The number of aliphatic hydroxyl groups is 1. The third-order valence-corrected chi connectivity index (χ3v) is 3.64. The monoisotopic (exact) mass is 359 g/mol. The van der Waals surface area contributed by atoms with Crippen LogP contribution in [-0.4, -0.2) is 37.8 Å². The van der Waals surface area contributed by atoms with Crippen LogP contribution >= 0.6 is 0 Å². The minimum absolute atomic E-state index is 0.103. The number of ether oxygens (including phenoxy) is 3. The number of carbonyl (C=O) groups is 2. The first-order chi connectivity index (χ1) is 12.6. The molecule has 26 heavy (non-hydrogen) atoms. The fourth-order valence-corrected chi connectivity index (χ4v) is 2.20. The van der Waals surface area contributed by atoms with Crippen molar-refractivity contribution in [3.8, 4) is 11.5 Å². The van der Waals surface area contributed by atoms with Gasteiger partial charge in [0.05, 0.1) is 26.4 Å². The Balaban J connectivity index is 1.82. The van der Waals surface area contributed by atoms with Gasteiger partial charge < -0.3 is 24.6 Å². The van der Waals surface area contributed by atoms with Crippen molar-refractivity contribution in [1.82, 2.24) is 5.32 Å². The van der Waals surface area contributed by atoms with Gasteiger partial charge in [0.1, 0.15) is 0 Å². The predicted molar refractivity (Wildman–Crippen MR) is 94.0 cm³/mol. The molecule has 0 spiro atoms. The molecule has 0 saturated carbocycles. The van der Waals surface area contributed by atoms with Gasteiger partial charge in [-0.15, -0.1) is 0 Å². The summed E-state index contributed by atoms with van der Waals surface area (Å²) in [5.41, 5.74) is 1.83. The van der Waals surface area contributed by atoms with Gasteiger partial charge in [-0.2, -0.15) is 0 Å². The second kappa shape index (κ2) is 9.43. The van der Waals surface area contributed by atoms with E-state index in [2.05, 4.69) is 5.32 Å². The topological polar surface area (TPSA) is 94.1 Å².